The molecule has 5 nitrogen and oxygen atoms in total. The van der Waals surface area contributed by atoms with Crippen LogP contribution in [0.2, 0.25) is 0 Å². The highest BCUT2D eigenvalue weighted by atomic mass is 16.4. The van der Waals surface area contributed by atoms with Crippen molar-refractivity contribution >= 4 is 5.97 Å². The van der Waals surface area contributed by atoms with E-state index >= 15 is 0 Å². The first-order valence-electron chi connectivity index (χ1n) is 3.96. The molecule has 0 unspecified atom stereocenters. The van der Waals surface area contributed by atoms with Crippen molar-refractivity contribution in [1.29, 1.82) is 5.26 Å². The Morgan fingerprint density at radius 2 is 2.50 bits per heavy atom. The summed E-state index contributed by atoms with van der Waals surface area (Å²) in [6, 6.07) is 2.66. The summed E-state index contributed by atoms with van der Waals surface area (Å²) in [6.07, 6.45) is 2.84. The zero-order chi connectivity index (χ0) is 10.6. The van der Waals surface area contributed by atoms with Crippen LogP contribution in [-0.4, -0.2) is 16.1 Å². The smallest absolute Gasteiger partial charge is 0.336 e. The Labute approximate surface area is 80.8 Å². The summed E-state index contributed by atoms with van der Waals surface area (Å²) < 4.78 is 0. The summed E-state index contributed by atoms with van der Waals surface area (Å²) in [5.74, 6) is -1.06. The summed E-state index contributed by atoms with van der Waals surface area (Å²) in [5, 5.41) is 17.2. The van der Waals surface area contributed by atoms with Crippen LogP contribution in [0.25, 0.3) is 0 Å². The number of pyridine rings is 1. The van der Waals surface area contributed by atoms with E-state index in [1.807, 2.05) is 6.07 Å². The normalized spacial score (nSPS) is 11.7. The second-order valence-electron chi connectivity index (χ2n) is 2.74. The Hall–Kier alpha value is -1.93. The maximum atomic E-state index is 10.8. The van der Waals surface area contributed by atoms with E-state index in [0.29, 0.717) is 5.56 Å². The van der Waals surface area contributed by atoms with Crippen molar-refractivity contribution in [3.63, 3.8) is 0 Å². The van der Waals surface area contributed by atoms with Gasteiger partial charge < -0.3 is 10.8 Å². The lowest BCUT2D eigenvalue weighted by atomic mass is 10.0. The van der Waals surface area contributed by atoms with E-state index in [2.05, 4.69) is 4.98 Å². The van der Waals surface area contributed by atoms with Gasteiger partial charge in [0.15, 0.2) is 0 Å². The fourth-order valence-electron chi connectivity index (χ4n) is 1.11. The lowest BCUT2D eigenvalue weighted by Gasteiger charge is -2.09. The van der Waals surface area contributed by atoms with Crippen molar-refractivity contribution in [2.45, 2.75) is 12.5 Å². The van der Waals surface area contributed by atoms with Gasteiger partial charge in [0.25, 0.3) is 0 Å². The van der Waals surface area contributed by atoms with Crippen LogP contribution in [0.15, 0.2) is 18.5 Å². The highest BCUT2D eigenvalue weighted by Gasteiger charge is 2.15. The van der Waals surface area contributed by atoms with Gasteiger partial charge in [0.05, 0.1) is 18.1 Å². The number of nitrogens with two attached hydrogens (primary N) is 1. The van der Waals surface area contributed by atoms with Crippen LogP contribution in [0.4, 0.5) is 0 Å². The number of carboxylic acids is 1. The first-order chi connectivity index (χ1) is 6.66. The summed E-state index contributed by atoms with van der Waals surface area (Å²) in [6.45, 7) is 0. The Morgan fingerprint density at radius 3 is 3.07 bits per heavy atom. The molecule has 1 rings (SSSR count). The quantitative estimate of drug-likeness (QED) is 0.732. The minimum absolute atomic E-state index is 0.0754. The average Bonchev–Trinajstić information content (AvgIpc) is 2.18. The van der Waals surface area contributed by atoms with Crippen LogP contribution in [0.3, 0.4) is 0 Å². The minimum atomic E-state index is -1.06. The first-order valence-corrected chi connectivity index (χ1v) is 3.96. The predicted octanol–water partition coefficient (Wildman–Crippen LogP) is 0.693. The lowest BCUT2D eigenvalue weighted by Crippen LogP contribution is -2.14. The van der Waals surface area contributed by atoms with Gasteiger partial charge in [-0.1, -0.05) is 0 Å². The molecular weight excluding hydrogens is 182 g/mol. The van der Waals surface area contributed by atoms with E-state index in [9.17, 15) is 4.79 Å². The van der Waals surface area contributed by atoms with Crippen LogP contribution in [0.5, 0.6) is 0 Å². The van der Waals surface area contributed by atoms with E-state index in [1.165, 1.54) is 18.5 Å². The largest absolute Gasteiger partial charge is 0.478 e. The van der Waals surface area contributed by atoms with Gasteiger partial charge in [-0.25, -0.2) is 4.79 Å². The molecule has 0 saturated heterocycles. The predicted molar refractivity (Wildman–Crippen MR) is 48.4 cm³/mol. The summed E-state index contributed by atoms with van der Waals surface area (Å²) in [4.78, 5) is 14.5. The average molecular weight is 191 g/mol. The summed E-state index contributed by atoms with van der Waals surface area (Å²) >= 11 is 0. The number of hydrogen-bond donors (Lipinski definition) is 2. The van der Waals surface area contributed by atoms with Gasteiger partial charge in [0.2, 0.25) is 0 Å². The first kappa shape index (κ1) is 10.2. The van der Waals surface area contributed by atoms with E-state index in [0.717, 1.165) is 0 Å². The van der Waals surface area contributed by atoms with Gasteiger partial charge in [0.1, 0.15) is 0 Å². The van der Waals surface area contributed by atoms with Gasteiger partial charge in [-0.05, 0) is 6.07 Å². The second kappa shape index (κ2) is 4.35. The molecule has 0 fully saturated rings. The van der Waals surface area contributed by atoms with Crippen LogP contribution in [-0.2, 0) is 0 Å². The van der Waals surface area contributed by atoms with Crippen LogP contribution in [0, 0.1) is 11.3 Å². The Balaban J connectivity index is 3.08. The van der Waals surface area contributed by atoms with Gasteiger partial charge >= 0.3 is 5.97 Å². The van der Waals surface area contributed by atoms with Crippen molar-refractivity contribution in [2.75, 3.05) is 0 Å². The van der Waals surface area contributed by atoms with E-state index in [-0.39, 0.29) is 12.0 Å². The number of carboxylic acid groups (broad SMARTS) is 1. The fraction of sp³-hybridized carbons (Fsp3) is 0.222. The van der Waals surface area contributed by atoms with Crippen molar-refractivity contribution in [2.24, 2.45) is 5.73 Å². The molecule has 0 aliphatic rings. The van der Waals surface area contributed by atoms with Gasteiger partial charge in [-0.3, -0.25) is 4.98 Å². The molecule has 1 heterocycles. The molecule has 5 heteroatoms. The number of rotatable bonds is 3. The molecule has 1 aromatic rings. The molecule has 0 aliphatic carbocycles. The fourth-order valence-corrected chi connectivity index (χ4v) is 1.11. The molecule has 0 radical (unpaired) electrons. The standard InChI is InChI=1S/C9H9N3O2/c10-3-1-8(11)7-5-12-4-2-6(7)9(13)14/h2,4-5,8H,1,11H2,(H,13,14)/t8-/m0/s1. The zero-order valence-electron chi connectivity index (χ0n) is 7.34. The number of hydrogen-bond acceptors (Lipinski definition) is 4. The Kier molecular flexibility index (Phi) is 3.15. The molecular formula is C9H9N3O2. The third-order valence-corrected chi connectivity index (χ3v) is 1.79. The third-order valence-electron chi connectivity index (χ3n) is 1.79. The van der Waals surface area contributed by atoms with Crippen LogP contribution in [0.1, 0.15) is 28.4 Å². The monoisotopic (exact) mass is 191 g/mol. The summed E-state index contributed by atoms with van der Waals surface area (Å²) in [7, 11) is 0. The highest BCUT2D eigenvalue weighted by molar-refractivity contribution is 5.89. The second-order valence-corrected chi connectivity index (χ2v) is 2.74. The number of nitrogens with zero attached hydrogens (tertiary/aromatic N) is 2. The van der Waals surface area contributed by atoms with E-state index in [1.54, 1.807) is 0 Å². The molecule has 1 atom stereocenters. The van der Waals surface area contributed by atoms with Gasteiger partial charge in [0, 0.05) is 24.0 Å². The Morgan fingerprint density at radius 1 is 1.79 bits per heavy atom. The number of aromatic carboxylic acids is 1. The number of carbonyl (C=O) groups is 1. The van der Waals surface area contributed by atoms with Crippen LogP contribution >= 0.6 is 0 Å². The van der Waals surface area contributed by atoms with Crippen LogP contribution < -0.4 is 5.73 Å². The molecule has 0 spiro atoms. The molecule has 0 aliphatic heterocycles. The minimum Gasteiger partial charge on any atom is -0.478 e. The van der Waals surface area contributed by atoms with Gasteiger partial charge in [-0.2, -0.15) is 5.26 Å². The number of aromatic nitrogens is 1. The maximum Gasteiger partial charge on any atom is 0.336 e. The molecule has 0 saturated carbocycles. The zero-order valence-corrected chi connectivity index (χ0v) is 7.34. The maximum absolute atomic E-state index is 10.8. The summed E-state index contributed by atoms with van der Waals surface area (Å²) in [5.41, 5.74) is 6.11. The van der Waals surface area contributed by atoms with Crippen molar-refractivity contribution < 1.29 is 9.90 Å². The van der Waals surface area contributed by atoms with Crippen molar-refractivity contribution in [1.82, 2.24) is 4.98 Å². The molecule has 3 N–H and O–H groups in total. The molecule has 14 heavy (non-hydrogen) atoms. The van der Waals surface area contributed by atoms with E-state index < -0.39 is 12.0 Å². The molecule has 72 valence electrons. The number of nitriles is 1. The lowest BCUT2D eigenvalue weighted by molar-refractivity contribution is 0.0695. The Bertz CT molecular complexity index is 384. The van der Waals surface area contributed by atoms with Crippen molar-refractivity contribution in [3.05, 3.63) is 29.6 Å². The molecule has 1 aromatic heterocycles. The van der Waals surface area contributed by atoms with Crippen molar-refractivity contribution in [3.8, 4) is 6.07 Å². The highest BCUT2D eigenvalue weighted by Crippen LogP contribution is 2.17. The SMILES string of the molecule is N#CC[C@H](N)c1cnccc1C(=O)O. The van der Waals surface area contributed by atoms with Gasteiger partial charge in [-0.15, -0.1) is 0 Å². The third kappa shape index (κ3) is 2.06. The molecule has 0 aromatic carbocycles. The topological polar surface area (TPSA) is 100 Å². The molecule has 0 bridgehead atoms. The van der Waals surface area contributed by atoms with E-state index in [4.69, 9.17) is 16.1 Å². The molecule has 0 amide bonds.